The summed E-state index contributed by atoms with van der Waals surface area (Å²) in [6.07, 6.45) is -0.626. The summed E-state index contributed by atoms with van der Waals surface area (Å²) in [5.41, 5.74) is 1.50. The van der Waals surface area contributed by atoms with Gasteiger partial charge in [-0.3, -0.25) is 14.9 Å². The molecule has 8 heteroatoms. The second-order valence-corrected chi connectivity index (χ2v) is 6.48. The van der Waals surface area contributed by atoms with E-state index in [1.54, 1.807) is 48.2 Å². The zero-order valence-electron chi connectivity index (χ0n) is 15.4. The fraction of sp³-hybridized carbons (Fsp3) is 0.300. The number of hydrogen-bond donors (Lipinski definition) is 0. The van der Waals surface area contributed by atoms with E-state index in [-0.39, 0.29) is 11.6 Å². The van der Waals surface area contributed by atoms with E-state index in [4.69, 9.17) is 10.00 Å². The molecule has 8 nitrogen and oxygen atoms in total. The Hall–Kier alpha value is -3.60. The number of piperazine rings is 1. The number of nitro benzene ring substituents is 1. The van der Waals surface area contributed by atoms with Crippen LogP contribution >= 0.6 is 0 Å². The fourth-order valence-corrected chi connectivity index (χ4v) is 3.09. The van der Waals surface area contributed by atoms with Gasteiger partial charge in [0.2, 0.25) is 0 Å². The van der Waals surface area contributed by atoms with Gasteiger partial charge in [0, 0.05) is 44.0 Å². The maximum Gasteiger partial charge on any atom is 0.269 e. The van der Waals surface area contributed by atoms with E-state index in [9.17, 15) is 14.9 Å². The number of nitrogens with zero attached hydrogens (tertiary/aromatic N) is 4. The molecule has 2 aromatic carbocycles. The third-order valence-electron chi connectivity index (χ3n) is 4.66. The van der Waals surface area contributed by atoms with Crippen LogP contribution in [0.1, 0.15) is 12.5 Å². The van der Waals surface area contributed by atoms with Crippen molar-refractivity contribution in [2.75, 3.05) is 31.1 Å². The maximum absolute atomic E-state index is 12.6. The molecule has 1 atom stereocenters. The maximum atomic E-state index is 12.6. The molecule has 1 aliphatic heterocycles. The van der Waals surface area contributed by atoms with Crippen molar-refractivity contribution in [3.8, 4) is 11.8 Å². The van der Waals surface area contributed by atoms with Crippen LogP contribution in [0.25, 0.3) is 0 Å². The Kier molecular flexibility index (Phi) is 5.75. The number of carbonyl (C=O) groups excluding carboxylic acids is 1. The highest BCUT2D eigenvalue weighted by Crippen LogP contribution is 2.21. The van der Waals surface area contributed by atoms with Gasteiger partial charge in [0.1, 0.15) is 5.75 Å². The number of carbonyl (C=O) groups is 1. The summed E-state index contributed by atoms with van der Waals surface area (Å²) in [5.74, 6) is 0.456. The van der Waals surface area contributed by atoms with Gasteiger partial charge in [0.25, 0.3) is 11.6 Å². The van der Waals surface area contributed by atoms with Crippen LogP contribution in [-0.2, 0) is 4.79 Å². The third-order valence-corrected chi connectivity index (χ3v) is 4.66. The number of benzene rings is 2. The largest absolute Gasteiger partial charge is 0.481 e. The molecule has 0 aliphatic carbocycles. The molecule has 0 N–H and O–H groups in total. The molecule has 0 unspecified atom stereocenters. The van der Waals surface area contributed by atoms with Crippen molar-refractivity contribution >= 4 is 17.3 Å². The Morgan fingerprint density at radius 3 is 2.25 bits per heavy atom. The summed E-state index contributed by atoms with van der Waals surface area (Å²) < 4.78 is 5.70. The Morgan fingerprint density at radius 1 is 1.11 bits per heavy atom. The minimum Gasteiger partial charge on any atom is -0.481 e. The van der Waals surface area contributed by atoms with Crippen molar-refractivity contribution in [3.63, 3.8) is 0 Å². The third kappa shape index (κ3) is 4.38. The molecule has 1 aliphatic rings. The SMILES string of the molecule is C[C@@H](Oc1ccc(C#N)cc1)C(=O)N1CCN(c2ccc([N+](=O)[O-])cc2)CC1. The summed E-state index contributed by atoms with van der Waals surface area (Å²) in [4.78, 5) is 26.8. The molecule has 1 saturated heterocycles. The van der Waals surface area contributed by atoms with Gasteiger partial charge in [-0.25, -0.2) is 0 Å². The predicted molar refractivity (Wildman–Crippen MR) is 103 cm³/mol. The molecular weight excluding hydrogens is 360 g/mol. The Bertz CT molecular complexity index is 882. The zero-order chi connectivity index (χ0) is 20.1. The molecule has 2 aromatic rings. The van der Waals surface area contributed by atoms with Crippen LogP contribution in [0, 0.1) is 21.4 Å². The smallest absolute Gasteiger partial charge is 0.269 e. The predicted octanol–water partition coefficient (Wildman–Crippen LogP) is 2.58. The zero-order valence-corrected chi connectivity index (χ0v) is 15.4. The van der Waals surface area contributed by atoms with Gasteiger partial charge in [0.15, 0.2) is 6.10 Å². The molecule has 1 heterocycles. The molecule has 3 rings (SSSR count). The lowest BCUT2D eigenvalue weighted by atomic mass is 10.2. The van der Waals surface area contributed by atoms with Crippen LogP contribution in [0.2, 0.25) is 0 Å². The van der Waals surface area contributed by atoms with E-state index in [0.717, 1.165) is 5.69 Å². The number of nitriles is 1. The Morgan fingerprint density at radius 2 is 1.71 bits per heavy atom. The second-order valence-electron chi connectivity index (χ2n) is 6.48. The van der Waals surface area contributed by atoms with Crippen LogP contribution in [0.15, 0.2) is 48.5 Å². The van der Waals surface area contributed by atoms with Crippen molar-refractivity contribution in [1.82, 2.24) is 4.90 Å². The van der Waals surface area contributed by atoms with Gasteiger partial charge in [0.05, 0.1) is 16.6 Å². The molecule has 28 heavy (non-hydrogen) atoms. The molecule has 0 saturated carbocycles. The first kappa shape index (κ1) is 19.2. The first-order valence-corrected chi connectivity index (χ1v) is 8.93. The second kappa shape index (κ2) is 8.39. The Labute approximate surface area is 162 Å². The molecule has 0 bridgehead atoms. The highest BCUT2D eigenvalue weighted by Gasteiger charge is 2.26. The van der Waals surface area contributed by atoms with E-state index >= 15 is 0 Å². The summed E-state index contributed by atoms with van der Waals surface area (Å²) in [6, 6.07) is 15.1. The number of anilines is 1. The topological polar surface area (TPSA) is 99.7 Å². The molecule has 0 radical (unpaired) electrons. The number of rotatable bonds is 5. The van der Waals surface area contributed by atoms with Crippen molar-refractivity contribution in [2.24, 2.45) is 0 Å². The van der Waals surface area contributed by atoms with Crippen molar-refractivity contribution in [2.45, 2.75) is 13.0 Å². The van der Waals surface area contributed by atoms with E-state index < -0.39 is 11.0 Å². The van der Waals surface area contributed by atoms with Gasteiger partial charge < -0.3 is 14.5 Å². The van der Waals surface area contributed by atoms with Crippen LogP contribution in [0.4, 0.5) is 11.4 Å². The first-order valence-electron chi connectivity index (χ1n) is 8.93. The van der Waals surface area contributed by atoms with Crippen LogP contribution in [0.3, 0.4) is 0 Å². The summed E-state index contributed by atoms with van der Waals surface area (Å²) in [7, 11) is 0. The van der Waals surface area contributed by atoms with E-state index in [1.807, 2.05) is 6.07 Å². The average Bonchev–Trinajstić information content (AvgIpc) is 2.74. The minimum absolute atomic E-state index is 0.0614. The van der Waals surface area contributed by atoms with Gasteiger partial charge >= 0.3 is 0 Å². The molecular formula is C20H20N4O4. The lowest BCUT2D eigenvalue weighted by Gasteiger charge is -2.37. The quantitative estimate of drug-likeness (QED) is 0.584. The van der Waals surface area contributed by atoms with Crippen LogP contribution < -0.4 is 9.64 Å². The summed E-state index contributed by atoms with van der Waals surface area (Å²) in [5, 5.41) is 19.6. The van der Waals surface area contributed by atoms with Crippen LogP contribution in [-0.4, -0.2) is 48.0 Å². The molecule has 144 valence electrons. The van der Waals surface area contributed by atoms with E-state index in [2.05, 4.69) is 4.90 Å². The number of hydrogen-bond acceptors (Lipinski definition) is 6. The van der Waals surface area contributed by atoms with Crippen molar-refractivity contribution in [1.29, 1.82) is 5.26 Å². The standard InChI is InChI=1S/C20H20N4O4/c1-15(28-19-8-2-16(14-21)3-9-19)20(25)23-12-10-22(11-13-23)17-4-6-18(7-5-17)24(26)27/h2-9,15H,10-13H2,1H3/t15-/m1/s1. The number of nitro groups is 1. The minimum atomic E-state index is -0.626. The van der Waals surface area contributed by atoms with Gasteiger partial charge in [-0.1, -0.05) is 0 Å². The van der Waals surface area contributed by atoms with Crippen molar-refractivity contribution < 1.29 is 14.5 Å². The van der Waals surface area contributed by atoms with Crippen LogP contribution in [0.5, 0.6) is 5.75 Å². The monoisotopic (exact) mass is 380 g/mol. The highest BCUT2D eigenvalue weighted by molar-refractivity contribution is 5.81. The molecule has 1 fully saturated rings. The van der Waals surface area contributed by atoms with Gasteiger partial charge in [-0.2, -0.15) is 5.26 Å². The first-order chi connectivity index (χ1) is 13.5. The Balaban J connectivity index is 1.53. The normalized spacial score (nSPS) is 14.9. The van der Waals surface area contributed by atoms with Gasteiger partial charge in [-0.15, -0.1) is 0 Å². The average molecular weight is 380 g/mol. The lowest BCUT2D eigenvalue weighted by Crippen LogP contribution is -2.52. The highest BCUT2D eigenvalue weighted by atomic mass is 16.6. The lowest BCUT2D eigenvalue weighted by molar-refractivity contribution is -0.384. The number of non-ortho nitro benzene ring substituents is 1. The van der Waals surface area contributed by atoms with E-state index in [0.29, 0.717) is 37.5 Å². The van der Waals surface area contributed by atoms with Crippen molar-refractivity contribution in [3.05, 3.63) is 64.2 Å². The summed E-state index contributed by atoms with van der Waals surface area (Å²) in [6.45, 7) is 4.11. The van der Waals surface area contributed by atoms with Gasteiger partial charge in [-0.05, 0) is 43.3 Å². The molecule has 0 aromatic heterocycles. The fourth-order valence-electron chi connectivity index (χ4n) is 3.09. The summed E-state index contributed by atoms with van der Waals surface area (Å²) >= 11 is 0. The van der Waals surface area contributed by atoms with E-state index in [1.165, 1.54) is 12.1 Å². The number of ether oxygens (including phenoxy) is 1. The molecule has 0 spiro atoms. The molecule has 1 amide bonds. The number of amides is 1.